The molecule has 4 nitrogen and oxygen atoms in total. The van der Waals surface area contributed by atoms with Gasteiger partial charge >= 0.3 is 0 Å². The molecular weight excluding hydrogens is 252 g/mol. The topological polar surface area (TPSA) is 52.6 Å². The second kappa shape index (κ2) is 6.27. The maximum absolute atomic E-state index is 12.4. The van der Waals surface area contributed by atoms with Crippen molar-refractivity contribution in [3.8, 4) is 5.75 Å². The summed E-state index contributed by atoms with van der Waals surface area (Å²) in [5, 5.41) is 13.2. The van der Waals surface area contributed by atoms with E-state index >= 15 is 0 Å². The first kappa shape index (κ1) is 16.5. The number of hydrogen-bond donors (Lipinski definition) is 2. The van der Waals surface area contributed by atoms with Crippen molar-refractivity contribution in [1.29, 1.82) is 0 Å². The minimum atomic E-state index is -0.200. The van der Waals surface area contributed by atoms with Gasteiger partial charge < -0.3 is 15.3 Å². The van der Waals surface area contributed by atoms with Gasteiger partial charge in [-0.1, -0.05) is 20.8 Å². The molecule has 0 aliphatic heterocycles. The Labute approximate surface area is 121 Å². The number of carbonyl (C=O) groups is 1. The highest BCUT2D eigenvalue weighted by molar-refractivity contribution is 5.94. The molecule has 0 saturated carbocycles. The lowest BCUT2D eigenvalue weighted by Gasteiger charge is -2.24. The molecule has 0 heterocycles. The summed E-state index contributed by atoms with van der Waals surface area (Å²) >= 11 is 0. The van der Waals surface area contributed by atoms with Gasteiger partial charge in [-0.2, -0.15) is 0 Å². The van der Waals surface area contributed by atoms with E-state index in [4.69, 9.17) is 0 Å². The first-order valence-electron chi connectivity index (χ1n) is 6.92. The van der Waals surface area contributed by atoms with Crippen LogP contribution in [0.25, 0.3) is 0 Å². The van der Waals surface area contributed by atoms with Gasteiger partial charge in [-0.25, -0.2) is 0 Å². The van der Waals surface area contributed by atoms with E-state index in [0.29, 0.717) is 12.1 Å². The molecule has 0 bridgehead atoms. The Hall–Kier alpha value is -1.55. The molecule has 0 aliphatic carbocycles. The quantitative estimate of drug-likeness (QED) is 0.888. The van der Waals surface area contributed by atoms with Crippen LogP contribution in [0.2, 0.25) is 0 Å². The molecule has 0 aliphatic rings. The number of carbonyl (C=O) groups excluding carboxylic acids is 1. The molecule has 2 N–H and O–H groups in total. The van der Waals surface area contributed by atoms with Crippen molar-refractivity contribution in [2.24, 2.45) is 0 Å². The van der Waals surface area contributed by atoms with E-state index in [1.165, 1.54) is 0 Å². The lowest BCUT2D eigenvalue weighted by molar-refractivity contribution is 0.0796. The van der Waals surface area contributed by atoms with Crippen LogP contribution in [0.3, 0.4) is 0 Å². The molecule has 0 atom stereocenters. The third kappa shape index (κ3) is 3.73. The van der Waals surface area contributed by atoms with Crippen molar-refractivity contribution in [3.63, 3.8) is 0 Å². The van der Waals surface area contributed by atoms with Gasteiger partial charge in [0.25, 0.3) is 5.91 Å². The minimum Gasteiger partial charge on any atom is -0.507 e. The number of phenolic OH excluding ortho intramolecular Hbond substituents is 1. The van der Waals surface area contributed by atoms with E-state index in [0.717, 1.165) is 17.7 Å². The largest absolute Gasteiger partial charge is 0.507 e. The molecule has 0 saturated heterocycles. The van der Waals surface area contributed by atoms with Crippen LogP contribution in [0.15, 0.2) is 12.1 Å². The van der Waals surface area contributed by atoms with Crippen LogP contribution in [0.1, 0.15) is 42.3 Å². The number of nitrogens with one attached hydrogen (secondary N) is 1. The summed E-state index contributed by atoms with van der Waals surface area (Å²) < 4.78 is 0. The highest BCUT2D eigenvalue weighted by Gasteiger charge is 2.22. The van der Waals surface area contributed by atoms with Gasteiger partial charge in [0.1, 0.15) is 5.75 Å². The fourth-order valence-corrected chi connectivity index (χ4v) is 2.08. The maximum Gasteiger partial charge on any atom is 0.253 e. The van der Waals surface area contributed by atoms with Crippen LogP contribution < -0.4 is 5.32 Å². The molecular formula is C16H26N2O2. The van der Waals surface area contributed by atoms with E-state index in [1.54, 1.807) is 24.1 Å². The molecule has 0 fully saturated rings. The maximum atomic E-state index is 12.4. The summed E-state index contributed by atoms with van der Waals surface area (Å²) in [6, 6.07) is 3.56. The highest BCUT2D eigenvalue weighted by atomic mass is 16.3. The van der Waals surface area contributed by atoms with Gasteiger partial charge in [-0.3, -0.25) is 4.79 Å². The van der Waals surface area contributed by atoms with Gasteiger partial charge in [0.2, 0.25) is 0 Å². The molecule has 1 rings (SSSR count). The zero-order valence-corrected chi connectivity index (χ0v) is 13.4. The molecule has 0 unspecified atom stereocenters. The second-order valence-electron chi connectivity index (χ2n) is 6.27. The number of rotatable bonds is 4. The minimum absolute atomic E-state index is 0.0196. The lowest BCUT2D eigenvalue weighted by atomic mass is 9.84. The molecule has 1 aromatic carbocycles. The van der Waals surface area contributed by atoms with E-state index < -0.39 is 0 Å². The zero-order chi connectivity index (χ0) is 15.5. The Morgan fingerprint density at radius 2 is 1.95 bits per heavy atom. The molecule has 1 aromatic rings. The normalized spacial score (nSPS) is 11.5. The third-order valence-corrected chi connectivity index (χ3v) is 3.40. The zero-order valence-electron chi connectivity index (χ0n) is 13.4. The number of aromatic hydroxyl groups is 1. The Morgan fingerprint density at radius 1 is 1.35 bits per heavy atom. The van der Waals surface area contributed by atoms with E-state index in [2.05, 4.69) is 5.32 Å². The Kier molecular flexibility index (Phi) is 5.17. The van der Waals surface area contributed by atoms with Crippen LogP contribution in [-0.4, -0.2) is 43.1 Å². The average molecular weight is 278 g/mol. The smallest absolute Gasteiger partial charge is 0.253 e. The molecule has 4 heteroatoms. The summed E-state index contributed by atoms with van der Waals surface area (Å²) in [7, 11) is 3.65. The van der Waals surface area contributed by atoms with Gasteiger partial charge in [0, 0.05) is 31.3 Å². The number of hydrogen-bond acceptors (Lipinski definition) is 3. The summed E-state index contributed by atoms with van der Waals surface area (Å²) in [5.41, 5.74) is 1.98. The van der Waals surface area contributed by atoms with Crippen molar-refractivity contribution >= 4 is 5.91 Å². The van der Waals surface area contributed by atoms with E-state index in [9.17, 15) is 9.90 Å². The fourth-order valence-electron chi connectivity index (χ4n) is 2.08. The first-order chi connectivity index (χ1) is 9.18. The molecule has 0 radical (unpaired) electrons. The Morgan fingerprint density at radius 3 is 2.45 bits per heavy atom. The lowest BCUT2D eigenvalue weighted by Crippen LogP contribution is -2.33. The van der Waals surface area contributed by atoms with Gasteiger partial charge in [-0.15, -0.1) is 0 Å². The van der Waals surface area contributed by atoms with Crippen molar-refractivity contribution in [2.45, 2.75) is 33.1 Å². The number of benzene rings is 1. The van der Waals surface area contributed by atoms with Crippen molar-refractivity contribution in [2.75, 3.05) is 27.2 Å². The summed E-state index contributed by atoms with van der Waals surface area (Å²) in [4.78, 5) is 14.1. The van der Waals surface area contributed by atoms with E-state index in [-0.39, 0.29) is 17.1 Å². The van der Waals surface area contributed by atoms with Crippen LogP contribution in [-0.2, 0) is 5.41 Å². The SMILES string of the molecule is CNCCN(C)C(=O)c1cc(C)c(O)c(C(C)(C)C)c1. The highest BCUT2D eigenvalue weighted by Crippen LogP contribution is 2.34. The average Bonchev–Trinajstić information content (AvgIpc) is 2.36. The number of phenols is 1. The fraction of sp³-hybridized carbons (Fsp3) is 0.562. The summed E-state index contributed by atoms with van der Waals surface area (Å²) in [5.74, 6) is 0.265. The first-order valence-corrected chi connectivity index (χ1v) is 6.92. The Balaban J connectivity index is 3.14. The number of amides is 1. The predicted molar refractivity (Wildman–Crippen MR) is 82.4 cm³/mol. The van der Waals surface area contributed by atoms with Crippen molar-refractivity contribution < 1.29 is 9.90 Å². The third-order valence-electron chi connectivity index (χ3n) is 3.40. The van der Waals surface area contributed by atoms with Crippen LogP contribution in [0.4, 0.5) is 0 Å². The summed E-state index contributed by atoms with van der Waals surface area (Å²) in [6.45, 7) is 9.32. The standard InChI is InChI=1S/C16H26N2O2/c1-11-9-12(15(20)18(6)8-7-17-5)10-13(14(11)19)16(2,3)4/h9-10,17,19H,7-8H2,1-6H3. The monoisotopic (exact) mass is 278 g/mol. The van der Waals surface area contributed by atoms with Crippen LogP contribution in [0.5, 0.6) is 5.75 Å². The number of aryl methyl sites for hydroxylation is 1. The van der Waals surface area contributed by atoms with Crippen LogP contribution >= 0.6 is 0 Å². The van der Waals surface area contributed by atoms with Gasteiger partial charge in [-0.05, 0) is 37.1 Å². The van der Waals surface area contributed by atoms with Gasteiger partial charge in [0.05, 0.1) is 0 Å². The van der Waals surface area contributed by atoms with E-state index in [1.807, 2.05) is 34.7 Å². The number of likely N-dealkylation sites (N-methyl/N-ethyl adjacent to an activating group) is 2. The molecule has 112 valence electrons. The van der Waals surface area contributed by atoms with Crippen molar-refractivity contribution in [1.82, 2.24) is 10.2 Å². The van der Waals surface area contributed by atoms with Crippen LogP contribution in [0, 0.1) is 6.92 Å². The predicted octanol–water partition coefficient (Wildman–Crippen LogP) is 2.29. The van der Waals surface area contributed by atoms with Crippen molar-refractivity contribution in [3.05, 3.63) is 28.8 Å². The molecule has 0 spiro atoms. The summed E-state index contributed by atoms with van der Waals surface area (Å²) in [6.07, 6.45) is 0. The second-order valence-corrected chi connectivity index (χ2v) is 6.27. The number of nitrogens with zero attached hydrogens (tertiary/aromatic N) is 1. The Bertz CT molecular complexity index is 490. The molecule has 20 heavy (non-hydrogen) atoms. The molecule has 1 amide bonds. The molecule has 0 aromatic heterocycles. The van der Waals surface area contributed by atoms with Gasteiger partial charge in [0.15, 0.2) is 0 Å².